The predicted octanol–water partition coefficient (Wildman–Crippen LogP) is 10.1. The third-order valence-electron chi connectivity index (χ3n) is 18.1. The Bertz CT molecular complexity index is 2360. The van der Waals surface area contributed by atoms with Gasteiger partial charge in [-0.3, -0.25) is 14.4 Å². The van der Waals surface area contributed by atoms with Crippen LogP contribution in [-0.4, -0.2) is 47.4 Å². The molecular weight excluding hydrogens is 799 g/mol. The van der Waals surface area contributed by atoms with E-state index in [-0.39, 0.29) is 58.6 Å². The molecule has 11 nitrogen and oxygen atoms in total. The van der Waals surface area contributed by atoms with Crippen molar-refractivity contribution in [3.63, 3.8) is 0 Å². The van der Waals surface area contributed by atoms with Gasteiger partial charge in [0.15, 0.2) is 30.0 Å². The van der Waals surface area contributed by atoms with E-state index in [4.69, 9.17) is 23.0 Å². The highest BCUT2D eigenvalue weighted by atomic mass is 16.6. The fourth-order valence-corrected chi connectivity index (χ4v) is 14.3. The summed E-state index contributed by atoms with van der Waals surface area (Å²) in [6, 6.07) is 19.3. The Balaban J connectivity index is 1.05. The number of ether oxygens (including phenoxy) is 3. The van der Waals surface area contributed by atoms with E-state index < -0.39 is 57.6 Å². The molecule has 0 radical (unpaired) electrons. The first-order valence-corrected chi connectivity index (χ1v) is 23.1. The molecule has 0 spiro atoms. The third-order valence-corrected chi connectivity index (χ3v) is 18.1. The van der Waals surface area contributed by atoms with Gasteiger partial charge in [0, 0.05) is 5.92 Å². The van der Waals surface area contributed by atoms with Crippen LogP contribution in [0.4, 0.5) is 4.79 Å². The molecule has 0 unspecified atom stereocenters. The maximum atomic E-state index is 15.4. The van der Waals surface area contributed by atoms with Crippen molar-refractivity contribution in [3.8, 4) is 0 Å². The Morgan fingerprint density at radius 3 is 2.06 bits per heavy atom. The number of rotatable bonds is 8. The standard InChI is InChI=1S/C52H63NO10/c1-31-29-53(45(57)60-31)40-20-21-49(5)39(52(40,8)44(56)59-30-38-32(2)61-46(58)62-38)19-22-51(7)42(49)37(54)27-35-36-28-48(4,24-23-47(36,3)25-26-50(35,51)6)43(55)63-41(33-15-11-9-12-16-33)34-17-13-10-14-18-34/h9-18,27,31,36,39-42H,19-26,28-30H2,1-8H3/t31-,36+,39-,40+,42-,47-,48+,49+,50-,51-,52+/m1/s1. The molecule has 2 heterocycles. The molecule has 0 N–H and O–H groups in total. The second kappa shape index (κ2) is 15.1. The van der Waals surface area contributed by atoms with Crippen LogP contribution in [0.1, 0.15) is 135 Å². The van der Waals surface area contributed by atoms with Gasteiger partial charge < -0.3 is 27.9 Å². The normalized spacial score (nSPS) is 38.4. The maximum Gasteiger partial charge on any atom is 0.519 e. The van der Waals surface area contributed by atoms with Crippen molar-refractivity contribution >= 4 is 23.8 Å². The average Bonchev–Trinajstić information content (AvgIpc) is 3.77. The first-order chi connectivity index (χ1) is 29.8. The molecule has 5 fully saturated rings. The zero-order valence-corrected chi connectivity index (χ0v) is 38.1. The SMILES string of the molecule is Cc1oc(=O)oc1COC(=O)[C@]1(C)[C@@H](N2C[C@@H](C)OC2=O)CC[C@@]2(C)[C@H]1CC[C@]1(C)[C@@H]2C(=O)C=C2[C@@H]3C[C@@](C)(C(=O)OC(c4ccccc4)c4ccccc4)CC[C@]3(C)CC[C@]21C. The number of nitrogens with zero attached hydrogens (tertiary/aromatic N) is 1. The van der Waals surface area contributed by atoms with Crippen LogP contribution in [0.25, 0.3) is 0 Å². The van der Waals surface area contributed by atoms with Gasteiger partial charge in [0.1, 0.15) is 6.10 Å². The van der Waals surface area contributed by atoms with Crippen molar-refractivity contribution in [1.82, 2.24) is 4.90 Å². The maximum absolute atomic E-state index is 15.4. The van der Waals surface area contributed by atoms with Gasteiger partial charge in [0.05, 0.1) is 23.4 Å². The number of ketones is 1. The predicted molar refractivity (Wildman–Crippen MR) is 233 cm³/mol. The molecule has 1 saturated heterocycles. The highest BCUT2D eigenvalue weighted by Gasteiger charge is 2.73. The minimum Gasteiger partial charge on any atom is -0.457 e. The lowest BCUT2D eigenvalue weighted by molar-refractivity contribution is -0.210. The second-order valence-corrected chi connectivity index (χ2v) is 21.6. The number of allylic oxidation sites excluding steroid dienone is 2. The van der Waals surface area contributed by atoms with E-state index in [9.17, 15) is 19.2 Å². The molecule has 0 bridgehead atoms. The van der Waals surface area contributed by atoms with Crippen LogP contribution < -0.4 is 5.82 Å². The van der Waals surface area contributed by atoms with Crippen molar-refractivity contribution in [2.45, 2.75) is 138 Å². The number of fused-ring (bicyclic) bond motifs is 7. The molecule has 3 aromatic rings. The largest absolute Gasteiger partial charge is 0.519 e. The molecule has 4 saturated carbocycles. The lowest BCUT2D eigenvalue weighted by Crippen LogP contribution is -2.69. The lowest BCUT2D eigenvalue weighted by Gasteiger charge is -2.70. The highest BCUT2D eigenvalue weighted by Crippen LogP contribution is 2.75. The molecule has 1 amide bonds. The molecule has 63 heavy (non-hydrogen) atoms. The monoisotopic (exact) mass is 861 g/mol. The summed E-state index contributed by atoms with van der Waals surface area (Å²) in [6.07, 6.45) is 7.18. The summed E-state index contributed by atoms with van der Waals surface area (Å²) in [6.45, 7) is 16.7. The molecule has 1 aliphatic heterocycles. The van der Waals surface area contributed by atoms with Gasteiger partial charge in [0.2, 0.25) is 0 Å². The van der Waals surface area contributed by atoms with Crippen molar-refractivity contribution < 1.29 is 42.2 Å². The average molecular weight is 862 g/mol. The Hall–Kier alpha value is -4.93. The molecule has 9 rings (SSSR count). The molecule has 11 heteroatoms. The second-order valence-electron chi connectivity index (χ2n) is 21.6. The minimum atomic E-state index is -1.21. The van der Waals surface area contributed by atoms with Gasteiger partial charge in [-0.2, -0.15) is 0 Å². The van der Waals surface area contributed by atoms with Gasteiger partial charge in [-0.25, -0.2) is 9.59 Å². The number of esters is 2. The summed E-state index contributed by atoms with van der Waals surface area (Å²) in [7, 11) is 0. The summed E-state index contributed by atoms with van der Waals surface area (Å²) in [5.41, 5.74) is -0.460. The van der Waals surface area contributed by atoms with Crippen LogP contribution in [0.5, 0.6) is 0 Å². The smallest absolute Gasteiger partial charge is 0.457 e. The number of carbonyl (C=O) groups is 4. The number of amides is 1. The van der Waals surface area contributed by atoms with Crippen LogP contribution in [0, 0.1) is 57.2 Å². The van der Waals surface area contributed by atoms with E-state index in [0.717, 1.165) is 30.4 Å². The molecule has 1 aromatic heterocycles. The zero-order chi connectivity index (χ0) is 44.9. The van der Waals surface area contributed by atoms with Gasteiger partial charge in [-0.05, 0) is 136 Å². The summed E-state index contributed by atoms with van der Waals surface area (Å²) >= 11 is 0. The minimum absolute atomic E-state index is 0.00674. The third kappa shape index (κ3) is 6.59. The van der Waals surface area contributed by atoms with Crippen LogP contribution in [0.2, 0.25) is 0 Å². The number of carbonyl (C=O) groups excluding carboxylic acids is 4. The van der Waals surface area contributed by atoms with Gasteiger partial charge in [-0.15, -0.1) is 0 Å². The lowest BCUT2D eigenvalue weighted by atomic mass is 9.33. The number of hydrogen-bond donors (Lipinski definition) is 0. The van der Waals surface area contributed by atoms with Gasteiger partial charge in [-0.1, -0.05) is 93.9 Å². The number of benzene rings is 2. The highest BCUT2D eigenvalue weighted by molar-refractivity contribution is 5.96. The summed E-state index contributed by atoms with van der Waals surface area (Å²) < 4.78 is 28.5. The first kappa shape index (κ1) is 43.3. The van der Waals surface area contributed by atoms with Crippen LogP contribution in [0.3, 0.4) is 0 Å². The Labute approximate surface area is 370 Å². The van der Waals surface area contributed by atoms with E-state index in [1.54, 1.807) is 11.8 Å². The van der Waals surface area contributed by atoms with Gasteiger partial charge in [0.25, 0.3) is 0 Å². The fourth-order valence-electron chi connectivity index (χ4n) is 14.3. The van der Waals surface area contributed by atoms with Crippen molar-refractivity contribution in [2.75, 3.05) is 6.54 Å². The molecule has 336 valence electrons. The quantitative estimate of drug-likeness (QED) is 0.159. The molecular formula is C52H63NO10. The molecule has 2 aromatic carbocycles. The Kier molecular flexibility index (Phi) is 10.4. The molecule has 11 atom stereocenters. The summed E-state index contributed by atoms with van der Waals surface area (Å²) in [5.74, 6) is -1.83. The van der Waals surface area contributed by atoms with Crippen LogP contribution >= 0.6 is 0 Å². The van der Waals surface area contributed by atoms with E-state index in [2.05, 4.69) is 34.6 Å². The summed E-state index contributed by atoms with van der Waals surface area (Å²) in [5, 5.41) is 0. The molecule has 5 aliphatic carbocycles. The van der Waals surface area contributed by atoms with E-state index >= 15 is 4.79 Å². The van der Waals surface area contributed by atoms with Crippen molar-refractivity contribution in [3.05, 3.63) is 106 Å². The van der Waals surface area contributed by atoms with E-state index in [1.165, 1.54) is 5.57 Å². The Morgan fingerprint density at radius 1 is 0.810 bits per heavy atom. The zero-order valence-electron chi connectivity index (χ0n) is 38.1. The van der Waals surface area contributed by atoms with Crippen molar-refractivity contribution in [1.29, 1.82) is 0 Å². The fraction of sp³-hybridized carbons (Fsp3) is 0.596. The topological polar surface area (TPSA) is 143 Å². The van der Waals surface area contributed by atoms with E-state index in [1.807, 2.05) is 80.6 Å². The van der Waals surface area contributed by atoms with Crippen molar-refractivity contribution in [2.24, 2.45) is 50.2 Å². The van der Waals surface area contributed by atoms with Crippen LogP contribution in [0.15, 0.2) is 85.9 Å². The number of aryl methyl sites for hydroxylation is 1. The first-order valence-electron chi connectivity index (χ1n) is 23.1. The van der Waals surface area contributed by atoms with E-state index in [0.29, 0.717) is 45.1 Å². The molecule has 6 aliphatic rings. The van der Waals surface area contributed by atoms with Crippen LogP contribution in [-0.2, 0) is 35.2 Å². The summed E-state index contributed by atoms with van der Waals surface area (Å²) in [4.78, 5) is 71.8. The number of cyclic esters (lactones) is 1. The van der Waals surface area contributed by atoms with Gasteiger partial charge >= 0.3 is 23.9 Å². The Morgan fingerprint density at radius 2 is 1.46 bits per heavy atom. The number of hydrogen-bond acceptors (Lipinski definition) is 10.